The Morgan fingerprint density at radius 3 is 2.54 bits per heavy atom. The number of nitrogens with two attached hydrogens (primary N) is 1. The molecule has 128 valence electrons. The molecule has 0 spiro atoms. The van der Waals surface area contributed by atoms with Gasteiger partial charge in [-0.25, -0.2) is 8.42 Å². The van der Waals surface area contributed by atoms with E-state index in [-0.39, 0.29) is 28.4 Å². The fraction of sp³-hybridized carbons (Fsp3) is 0.235. The van der Waals surface area contributed by atoms with E-state index in [0.29, 0.717) is 0 Å². The quantitative estimate of drug-likeness (QED) is 0.568. The summed E-state index contributed by atoms with van der Waals surface area (Å²) in [6.45, 7) is 3.43. The van der Waals surface area contributed by atoms with E-state index >= 15 is 0 Å². The lowest BCUT2D eigenvalue weighted by Crippen LogP contribution is -2.34. The number of carbonyl (C=O) groups is 1. The molecule has 0 aromatic heterocycles. The Kier molecular flexibility index (Phi) is 5.14. The zero-order chi connectivity index (χ0) is 17.9. The molecule has 0 radical (unpaired) electrons. The molecule has 0 aliphatic rings. The summed E-state index contributed by atoms with van der Waals surface area (Å²) in [5, 5.41) is 10.9. The van der Waals surface area contributed by atoms with Gasteiger partial charge < -0.3 is 16.2 Å². The molecule has 0 saturated carbocycles. The molecule has 24 heavy (non-hydrogen) atoms. The zero-order valence-electron chi connectivity index (χ0n) is 13.5. The maximum absolute atomic E-state index is 12.7. The molecule has 7 heteroatoms. The summed E-state index contributed by atoms with van der Waals surface area (Å²) in [5.74, 6) is -0.828. The molecule has 1 unspecified atom stereocenters. The number of hydrogen-bond donors (Lipinski definition) is 3. The minimum absolute atomic E-state index is 0.115. The first kappa shape index (κ1) is 17.8. The van der Waals surface area contributed by atoms with Crippen LogP contribution in [0.15, 0.2) is 47.4 Å². The first-order valence-corrected chi connectivity index (χ1v) is 9.00. The second kappa shape index (κ2) is 6.92. The van der Waals surface area contributed by atoms with Crippen LogP contribution in [-0.2, 0) is 14.6 Å². The molecule has 0 saturated heterocycles. The Balaban J connectivity index is 2.29. The van der Waals surface area contributed by atoms with Gasteiger partial charge in [-0.05, 0) is 43.2 Å². The topological polar surface area (TPSA) is 109 Å². The van der Waals surface area contributed by atoms with Gasteiger partial charge >= 0.3 is 0 Å². The van der Waals surface area contributed by atoms with Gasteiger partial charge in [0.25, 0.3) is 0 Å². The summed E-state index contributed by atoms with van der Waals surface area (Å²) in [5.41, 5.74) is 6.76. The van der Waals surface area contributed by atoms with Crippen LogP contribution in [-0.4, -0.2) is 24.7 Å². The van der Waals surface area contributed by atoms with Crippen molar-refractivity contribution in [2.45, 2.75) is 30.4 Å². The van der Waals surface area contributed by atoms with Crippen molar-refractivity contribution in [3.8, 4) is 5.75 Å². The van der Waals surface area contributed by atoms with Crippen LogP contribution in [0.3, 0.4) is 0 Å². The average Bonchev–Trinajstić information content (AvgIpc) is 2.51. The van der Waals surface area contributed by atoms with Crippen molar-refractivity contribution in [3.05, 3.63) is 48.0 Å². The number of phenolic OH excluding ortho intramolecular Hbond substituents is 1. The molecule has 2 aromatic carbocycles. The molecular weight excluding hydrogens is 328 g/mol. The third-order valence-electron chi connectivity index (χ3n) is 3.65. The summed E-state index contributed by atoms with van der Waals surface area (Å²) in [6.07, 6.45) is 0.128. The fourth-order valence-corrected chi connectivity index (χ4v) is 4.07. The second-order valence-corrected chi connectivity index (χ2v) is 7.65. The number of carbonyl (C=O) groups excluding carboxylic acids is 1. The van der Waals surface area contributed by atoms with E-state index < -0.39 is 21.0 Å². The van der Waals surface area contributed by atoms with Crippen LogP contribution < -0.4 is 11.1 Å². The Morgan fingerprint density at radius 2 is 1.96 bits per heavy atom. The molecule has 0 fully saturated rings. The number of benzene rings is 2. The van der Waals surface area contributed by atoms with Crippen LogP contribution in [0, 0.1) is 6.92 Å². The molecule has 0 heterocycles. The largest absolute Gasteiger partial charge is 0.506 e. The number of nitrogens with one attached hydrogen (secondary N) is 1. The van der Waals surface area contributed by atoms with Gasteiger partial charge in [-0.15, -0.1) is 0 Å². The lowest BCUT2D eigenvalue weighted by Gasteiger charge is -2.16. The predicted molar refractivity (Wildman–Crippen MR) is 93.6 cm³/mol. The van der Waals surface area contributed by atoms with Crippen molar-refractivity contribution in [1.29, 1.82) is 0 Å². The van der Waals surface area contributed by atoms with Gasteiger partial charge in [0.05, 0.1) is 10.6 Å². The fourth-order valence-electron chi connectivity index (χ4n) is 2.35. The molecule has 0 aliphatic carbocycles. The lowest BCUT2D eigenvalue weighted by atomic mass is 10.2. The van der Waals surface area contributed by atoms with E-state index in [4.69, 9.17) is 5.73 Å². The highest BCUT2D eigenvalue weighted by Crippen LogP contribution is 2.25. The van der Waals surface area contributed by atoms with E-state index in [9.17, 15) is 18.3 Å². The van der Waals surface area contributed by atoms with E-state index in [0.717, 1.165) is 5.56 Å². The average molecular weight is 348 g/mol. The van der Waals surface area contributed by atoms with Crippen LogP contribution in [0.25, 0.3) is 0 Å². The van der Waals surface area contributed by atoms with Crippen LogP contribution in [0.1, 0.15) is 18.9 Å². The highest BCUT2D eigenvalue weighted by molar-refractivity contribution is 7.92. The lowest BCUT2D eigenvalue weighted by molar-refractivity contribution is -0.115. The summed E-state index contributed by atoms with van der Waals surface area (Å²) in [6, 6.07) is 10.7. The maximum atomic E-state index is 12.7. The number of sulfone groups is 1. The summed E-state index contributed by atoms with van der Waals surface area (Å²) in [7, 11) is -3.81. The number of rotatable bonds is 5. The molecular formula is C17H20N2O4S. The Morgan fingerprint density at radius 1 is 1.25 bits per heavy atom. The Hall–Kier alpha value is -2.54. The number of hydrogen-bond acceptors (Lipinski definition) is 5. The molecule has 1 amide bonds. The number of aromatic hydroxyl groups is 1. The van der Waals surface area contributed by atoms with Gasteiger partial charge in [0.15, 0.2) is 9.84 Å². The molecule has 0 bridgehead atoms. The van der Waals surface area contributed by atoms with Gasteiger partial charge in [0, 0.05) is 11.8 Å². The van der Waals surface area contributed by atoms with Crippen LogP contribution in [0.5, 0.6) is 5.75 Å². The molecule has 6 nitrogen and oxygen atoms in total. The summed E-state index contributed by atoms with van der Waals surface area (Å²) < 4.78 is 25.5. The standard InChI is InChI=1S/C17H20N2O4S/c1-3-16(24(22,23)13-6-4-5-11(2)9-13)17(21)19-12-7-8-14(18)15(20)10-12/h4-10,16,20H,3,18H2,1-2H3,(H,19,21). The maximum Gasteiger partial charge on any atom is 0.243 e. The molecule has 2 aromatic rings. The Bertz CT molecular complexity index is 863. The minimum Gasteiger partial charge on any atom is -0.506 e. The van der Waals surface area contributed by atoms with Crippen LogP contribution in [0.4, 0.5) is 11.4 Å². The van der Waals surface area contributed by atoms with Gasteiger partial charge in [0.2, 0.25) is 5.91 Å². The SMILES string of the molecule is CCC(C(=O)Nc1ccc(N)c(O)c1)S(=O)(=O)c1cccc(C)c1. The third-order valence-corrected chi connectivity index (χ3v) is 5.86. The van der Waals surface area contributed by atoms with E-state index in [1.165, 1.54) is 24.3 Å². The normalized spacial score (nSPS) is 12.6. The van der Waals surface area contributed by atoms with Crippen molar-refractivity contribution >= 4 is 27.1 Å². The summed E-state index contributed by atoms with van der Waals surface area (Å²) in [4.78, 5) is 12.6. The van der Waals surface area contributed by atoms with Crippen molar-refractivity contribution in [3.63, 3.8) is 0 Å². The molecule has 4 N–H and O–H groups in total. The van der Waals surface area contributed by atoms with Crippen molar-refractivity contribution < 1.29 is 18.3 Å². The summed E-state index contributed by atoms with van der Waals surface area (Å²) >= 11 is 0. The first-order valence-electron chi connectivity index (χ1n) is 7.45. The van der Waals surface area contributed by atoms with Crippen molar-refractivity contribution in [2.75, 3.05) is 11.1 Å². The minimum atomic E-state index is -3.81. The highest BCUT2D eigenvalue weighted by atomic mass is 32.2. The highest BCUT2D eigenvalue weighted by Gasteiger charge is 2.32. The number of anilines is 2. The number of nitrogen functional groups attached to an aromatic ring is 1. The number of aryl methyl sites for hydroxylation is 1. The van der Waals surface area contributed by atoms with E-state index in [1.807, 2.05) is 0 Å². The van der Waals surface area contributed by atoms with Gasteiger partial charge in [-0.3, -0.25) is 4.79 Å². The monoisotopic (exact) mass is 348 g/mol. The molecule has 2 rings (SSSR count). The van der Waals surface area contributed by atoms with Crippen molar-refractivity contribution in [2.24, 2.45) is 0 Å². The molecule has 0 aliphatic heterocycles. The van der Waals surface area contributed by atoms with Gasteiger partial charge in [-0.1, -0.05) is 19.1 Å². The number of amides is 1. The van der Waals surface area contributed by atoms with Crippen LogP contribution in [0.2, 0.25) is 0 Å². The zero-order valence-corrected chi connectivity index (χ0v) is 14.3. The van der Waals surface area contributed by atoms with Crippen LogP contribution >= 0.6 is 0 Å². The second-order valence-electron chi connectivity index (χ2n) is 5.52. The van der Waals surface area contributed by atoms with Gasteiger partial charge in [0.1, 0.15) is 11.0 Å². The van der Waals surface area contributed by atoms with Gasteiger partial charge in [-0.2, -0.15) is 0 Å². The van der Waals surface area contributed by atoms with E-state index in [1.54, 1.807) is 32.0 Å². The predicted octanol–water partition coefficient (Wildman–Crippen LogP) is 2.47. The Labute approximate surface area is 141 Å². The number of phenols is 1. The third kappa shape index (κ3) is 3.68. The smallest absolute Gasteiger partial charge is 0.243 e. The molecule has 1 atom stereocenters. The van der Waals surface area contributed by atoms with E-state index in [2.05, 4.69) is 5.32 Å². The first-order chi connectivity index (χ1) is 11.3. The van der Waals surface area contributed by atoms with Crippen molar-refractivity contribution in [1.82, 2.24) is 0 Å².